The molecule has 1 aliphatic carbocycles. The van der Waals surface area contributed by atoms with Gasteiger partial charge in [-0.2, -0.15) is 4.98 Å². The van der Waals surface area contributed by atoms with Gasteiger partial charge in [0.05, 0.1) is 25.8 Å². The van der Waals surface area contributed by atoms with Crippen molar-refractivity contribution in [2.75, 3.05) is 37.7 Å². The van der Waals surface area contributed by atoms with Crippen LogP contribution in [0.25, 0.3) is 0 Å². The Hall–Kier alpha value is -3.10. The molecular formula is C29H39FN4O4. The summed E-state index contributed by atoms with van der Waals surface area (Å²) in [6.07, 6.45) is 10.2. The summed E-state index contributed by atoms with van der Waals surface area (Å²) in [4.78, 5) is 20.8. The maximum Gasteiger partial charge on any atom is 0.324 e. The molecule has 206 valence electrons. The molecule has 38 heavy (non-hydrogen) atoms. The summed E-state index contributed by atoms with van der Waals surface area (Å²) in [5, 5.41) is 4.11. The second kappa shape index (κ2) is 12.2. The summed E-state index contributed by atoms with van der Waals surface area (Å²) in [5.74, 6) is 3.08. The lowest BCUT2D eigenvalue weighted by Gasteiger charge is -2.36. The van der Waals surface area contributed by atoms with Gasteiger partial charge in [-0.25, -0.2) is 4.39 Å². The Morgan fingerprint density at radius 2 is 2.03 bits per heavy atom. The molecule has 8 nitrogen and oxygen atoms in total. The van der Waals surface area contributed by atoms with E-state index in [1.165, 1.54) is 31.6 Å². The van der Waals surface area contributed by atoms with Gasteiger partial charge in [-0.15, -0.1) is 0 Å². The highest BCUT2D eigenvalue weighted by molar-refractivity contribution is 5.79. The van der Waals surface area contributed by atoms with E-state index in [9.17, 15) is 9.18 Å². The highest BCUT2D eigenvalue weighted by Gasteiger charge is 2.36. The third kappa shape index (κ3) is 6.30. The van der Waals surface area contributed by atoms with Crippen LogP contribution in [0.5, 0.6) is 5.75 Å². The average molecular weight is 527 g/mol. The fourth-order valence-electron chi connectivity index (χ4n) is 6.12. The van der Waals surface area contributed by atoms with Crippen LogP contribution in [0.2, 0.25) is 0 Å². The Morgan fingerprint density at radius 3 is 2.74 bits per heavy atom. The predicted octanol–water partition coefficient (Wildman–Crippen LogP) is 5.31. The van der Waals surface area contributed by atoms with Crippen LogP contribution >= 0.6 is 0 Å². The van der Waals surface area contributed by atoms with Gasteiger partial charge in [0.2, 0.25) is 5.91 Å². The van der Waals surface area contributed by atoms with Gasteiger partial charge in [0, 0.05) is 31.3 Å². The zero-order valence-corrected chi connectivity index (χ0v) is 22.5. The number of rotatable bonds is 9. The summed E-state index contributed by atoms with van der Waals surface area (Å²) >= 11 is 0. The SMILES string of the molecule is CC(C)c1noc(N2CCC([C@H]3CCC[C@@H]3CCOc3ccc(CC(=O)N4C=COCC4)c(F)c3)CC2)n1. The van der Waals surface area contributed by atoms with Gasteiger partial charge in [-0.3, -0.25) is 4.79 Å². The quantitative estimate of drug-likeness (QED) is 0.438. The Bertz CT molecular complexity index is 1110. The van der Waals surface area contributed by atoms with Crippen LogP contribution in [0, 0.1) is 23.6 Å². The van der Waals surface area contributed by atoms with Gasteiger partial charge in [0.25, 0.3) is 0 Å². The summed E-state index contributed by atoms with van der Waals surface area (Å²) in [5.41, 5.74) is 0.380. The molecular weight excluding hydrogens is 487 g/mol. The maximum atomic E-state index is 14.7. The highest BCUT2D eigenvalue weighted by Crippen LogP contribution is 2.43. The van der Waals surface area contributed by atoms with Crippen LogP contribution in [0.3, 0.4) is 0 Å². The first-order chi connectivity index (χ1) is 18.5. The average Bonchev–Trinajstić information content (AvgIpc) is 3.61. The molecule has 0 bridgehead atoms. The van der Waals surface area contributed by atoms with Crippen molar-refractivity contribution < 1.29 is 23.2 Å². The molecule has 1 aromatic carbocycles. The molecule has 2 atom stereocenters. The first-order valence-electron chi connectivity index (χ1n) is 14.1. The van der Waals surface area contributed by atoms with Gasteiger partial charge in [0.1, 0.15) is 18.2 Å². The number of nitrogens with zero attached hydrogens (tertiary/aromatic N) is 4. The van der Waals surface area contributed by atoms with Gasteiger partial charge in [0.15, 0.2) is 5.82 Å². The van der Waals surface area contributed by atoms with E-state index in [0.717, 1.165) is 38.2 Å². The van der Waals surface area contributed by atoms with Gasteiger partial charge < -0.3 is 23.8 Å². The fraction of sp³-hybridized carbons (Fsp3) is 0.621. The number of halogens is 1. The molecule has 1 amide bonds. The Kier molecular flexibility index (Phi) is 8.49. The van der Waals surface area contributed by atoms with Crippen LogP contribution in [0.1, 0.15) is 69.7 Å². The molecule has 0 radical (unpaired) electrons. The van der Waals surface area contributed by atoms with Crippen LogP contribution < -0.4 is 9.64 Å². The zero-order valence-electron chi connectivity index (χ0n) is 22.5. The second-order valence-corrected chi connectivity index (χ2v) is 11.1. The van der Waals surface area contributed by atoms with Crippen LogP contribution in [-0.2, 0) is 16.0 Å². The normalized spacial score (nSPS) is 22.2. The van der Waals surface area contributed by atoms with Crippen LogP contribution in [0.15, 0.2) is 35.2 Å². The Morgan fingerprint density at radius 1 is 1.18 bits per heavy atom. The summed E-state index contributed by atoms with van der Waals surface area (Å²) in [6.45, 7) is 7.58. The number of ether oxygens (including phenoxy) is 2. The zero-order chi connectivity index (χ0) is 26.5. The third-order valence-corrected chi connectivity index (χ3v) is 8.31. The molecule has 2 aromatic rings. The van der Waals surface area contributed by atoms with Crippen LogP contribution in [-0.4, -0.2) is 53.8 Å². The minimum Gasteiger partial charge on any atom is -0.498 e. The smallest absolute Gasteiger partial charge is 0.324 e. The summed E-state index contributed by atoms with van der Waals surface area (Å²) in [7, 11) is 0. The van der Waals surface area contributed by atoms with E-state index in [1.807, 2.05) is 0 Å². The minimum absolute atomic E-state index is 0.0183. The lowest BCUT2D eigenvalue weighted by atomic mass is 9.77. The van der Waals surface area contributed by atoms with Crippen molar-refractivity contribution in [3.8, 4) is 5.75 Å². The standard InChI is InChI=1S/C29H39FN4O4/c1-20(2)28-31-29(38-32-28)34-11-8-22(9-12-34)25-5-3-4-21(25)10-15-37-24-7-6-23(26(30)19-24)18-27(35)33-13-16-36-17-14-33/h6-7,13,16,19-22,25H,3-5,8-12,14-15,17-18H2,1-2H3/t21-,25+/m1/s1. The molecule has 3 aliphatic rings. The number of hydrogen-bond donors (Lipinski definition) is 0. The Labute approximate surface area is 224 Å². The van der Waals surface area contributed by atoms with E-state index < -0.39 is 5.82 Å². The monoisotopic (exact) mass is 526 g/mol. The maximum absolute atomic E-state index is 14.7. The first-order valence-corrected chi connectivity index (χ1v) is 14.1. The van der Waals surface area contributed by atoms with E-state index in [0.29, 0.717) is 54.8 Å². The molecule has 0 spiro atoms. The number of benzene rings is 1. The van der Waals surface area contributed by atoms with Crippen molar-refractivity contribution in [3.05, 3.63) is 47.9 Å². The lowest BCUT2D eigenvalue weighted by molar-refractivity contribution is -0.129. The number of carbonyl (C=O) groups is 1. The molecule has 2 fully saturated rings. The van der Waals surface area contributed by atoms with Crippen molar-refractivity contribution in [2.24, 2.45) is 17.8 Å². The molecule has 2 aliphatic heterocycles. The molecule has 1 aromatic heterocycles. The molecule has 1 saturated carbocycles. The van der Waals surface area contributed by atoms with E-state index >= 15 is 0 Å². The molecule has 3 heterocycles. The Balaban J connectivity index is 1.07. The van der Waals surface area contributed by atoms with Crippen molar-refractivity contribution in [1.29, 1.82) is 0 Å². The summed E-state index contributed by atoms with van der Waals surface area (Å²) in [6, 6.07) is 5.49. The van der Waals surface area contributed by atoms with Crippen molar-refractivity contribution in [2.45, 2.75) is 64.7 Å². The number of carbonyl (C=O) groups excluding carboxylic acids is 1. The van der Waals surface area contributed by atoms with Crippen LogP contribution in [0.4, 0.5) is 10.4 Å². The summed E-state index contributed by atoms with van der Waals surface area (Å²) < 4.78 is 31.3. The first kappa shape index (κ1) is 26.5. The third-order valence-electron chi connectivity index (χ3n) is 8.31. The molecule has 5 rings (SSSR count). The molecule has 0 unspecified atom stereocenters. The van der Waals surface area contributed by atoms with Crippen molar-refractivity contribution in [1.82, 2.24) is 15.0 Å². The van der Waals surface area contributed by atoms with E-state index in [1.54, 1.807) is 23.2 Å². The van der Waals surface area contributed by atoms with E-state index in [2.05, 4.69) is 28.9 Å². The van der Waals surface area contributed by atoms with E-state index in [4.69, 9.17) is 14.0 Å². The van der Waals surface area contributed by atoms with E-state index in [-0.39, 0.29) is 18.2 Å². The van der Waals surface area contributed by atoms with Gasteiger partial charge >= 0.3 is 6.01 Å². The minimum atomic E-state index is -0.402. The number of aromatic nitrogens is 2. The largest absolute Gasteiger partial charge is 0.498 e. The molecule has 1 saturated heterocycles. The lowest BCUT2D eigenvalue weighted by Crippen LogP contribution is -2.37. The van der Waals surface area contributed by atoms with Crippen molar-refractivity contribution >= 4 is 11.9 Å². The number of piperidine rings is 1. The highest BCUT2D eigenvalue weighted by atomic mass is 19.1. The van der Waals surface area contributed by atoms with Gasteiger partial charge in [-0.1, -0.05) is 37.9 Å². The second-order valence-electron chi connectivity index (χ2n) is 11.1. The molecule has 9 heteroatoms. The number of amides is 1. The molecule has 0 N–H and O–H groups in total. The number of hydrogen-bond acceptors (Lipinski definition) is 7. The predicted molar refractivity (Wildman–Crippen MR) is 141 cm³/mol. The fourth-order valence-corrected chi connectivity index (χ4v) is 6.12. The van der Waals surface area contributed by atoms with Gasteiger partial charge in [-0.05, 0) is 55.1 Å². The number of anilines is 1. The topological polar surface area (TPSA) is 80.9 Å². The van der Waals surface area contributed by atoms with Crippen molar-refractivity contribution in [3.63, 3.8) is 0 Å².